The monoisotopic (exact) mass is 667 g/mol. The number of benzene rings is 3. The number of nitrogens with one attached hydrogen (secondary N) is 2. The standard InChI is InChI=1S/C32H31Cl2N5O7/c1-31(2,3)46-29(42)36-26-27(40)38(17-44-16-18-9-7-6-8-10-18)30(43)39(37-26)19-13-22(33)25(23(34)14-19)45-20-11-12-24-21(15-20)32(4,5)28(41)35-24/h6-15H,16-17H2,1-5H3,(H,35,41)(H,36,37,42). The van der Waals surface area contributed by atoms with Crippen LogP contribution in [0.25, 0.3) is 5.69 Å². The molecule has 0 unspecified atom stereocenters. The van der Waals surface area contributed by atoms with Crippen LogP contribution in [0.5, 0.6) is 11.5 Å². The zero-order valence-electron chi connectivity index (χ0n) is 25.6. The van der Waals surface area contributed by atoms with Crippen molar-refractivity contribution in [1.82, 2.24) is 14.3 Å². The Bertz CT molecular complexity index is 1930. The molecule has 1 aliphatic heterocycles. The predicted molar refractivity (Wildman–Crippen MR) is 173 cm³/mol. The van der Waals surface area contributed by atoms with E-state index in [9.17, 15) is 19.2 Å². The van der Waals surface area contributed by atoms with E-state index in [1.165, 1.54) is 12.1 Å². The third kappa shape index (κ3) is 6.94. The first-order valence-electron chi connectivity index (χ1n) is 14.1. The molecule has 46 heavy (non-hydrogen) atoms. The minimum absolute atomic E-state index is 0.0184. The Kier molecular flexibility index (Phi) is 8.98. The second-order valence-corrected chi connectivity index (χ2v) is 12.8. The first-order chi connectivity index (χ1) is 21.6. The van der Waals surface area contributed by atoms with Crippen molar-refractivity contribution < 1.29 is 23.8 Å². The van der Waals surface area contributed by atoms with Gasteiger partial charge in [-0.15, -0.1) is 5.10 Å². The number of nitrogens with zero attached hydrogens (tertiary/aromatic N) is 3. The highest BCUT2D eigenvalue weighted by molar-refractivity contribution is 6.37. The van der Waals surface area contributed by atoms with E-state index in [4.69, 9.17) is 37.4 Å². The van der Waals surface area contributed by atoms with E-state index >= 15 is 0 Å². The number of hydrogen-bond donors (Lipinski definition) is 2. The lowest BCUT2D eigenvalue weighted by atomic mass is 9.86. The third-order valence-electron chi connectivity index (χ3n) is 6.94. The van der Waals surface area contributed by atoms with Crippen LogP contribution >= 0.6 is 23.2 Å². The van der Waals surface area contributed by atoms with Crippen molar-refractivity contribution >= 4 is 46.7 Å². The van der Waals surface area contributed by atoms with Crippen LogP contribution in [0.15, 0.2) is 70.3 Å². The molecule has 0 aliphatic carbocycles. The van der Waals surface area contributed by atoms with E-state index in [-0.39, 0.29) is 34.0 Å². The number of amides is 2. The summed E-state index contributed by atoms with van der Waals surface area (Å²) in [6.45, 7) is 8.23. The van der Waals surface area contributed by atoms with Gasteiger partial charge in [-0.1, -0.05) is 53.5 Å². The van der Waals surface area contributed by atoms with E-state index in [1.54, 1.807) is 52.8 Å². The second-order valence-electron chi connectivity index (χ2n) is 12.0. The Hall–Kier alpha value is -4.65. The summed E-state index contributed by atoms with van der Waals surface area (Å²) in [7, 11) is 0. The van der Waals surface area contributed by atoms with E-state index < -0.39 is 40.9 Å². The minimum atomic E-state index is -0.951. The Morgan fingerprint density at radius 2 is 1.67 bits per heavy atom. The molecule has 0 bridgehead atoms. The van der Waals surface area contributed by atoms with E-state index in [0.29, 0.717) is 11.4 Å². The Labute approximate surface area is 273 Å². The van der Waals surface area contributed by atoms with Crippen LogP contribution < -0.4 is 26.6 Å². The van der Waals surface area contributed by atoms with Gasteiger partial charge in [0.05, 0.1) is 27.8 Å². The van der Waals surface area contributed by atoms with Crippen LogP contribution in [0.1, 0.15) is 45.7 Å². The minimum Gasteiger partial charge on any atom is -0.454 e. The molecule has 0 spiro atoms. The smallest absolute Gasteiger partial charge is 0.413 e. The maximum absolute atomic E-state index is 13.6. The van der Waals surface area contributed by atoms with E-state index in [2.05, 4.69) is 15.7 Å². The molecule has 0 saturated carbocycles. The van der Waals surface area contributed by atoms with Crippen molar-refractivity contribution in [2.24, 2.45) is 0 Å². The largest absolute Gasteiger partial charge is 0.454 e. The summed E-state index contributed by atoms with van der Waals surface area (Å²) in [4.78, 5) is 51.8. The molecule has 12 nitrogen and oxygen atoms in total. The number of carbonyl (C=O) groups excluding carboxylic acids is 2. The van der Waals surface area contributed by atoms with Crippen LogP contribution in [0, 0.1) is 0 Å². The number of carbonyl (C=O) groups is 2. The predicted octanol–water partition coefficient (Wildman–Crippen LogP) is 6.24. The Morgan fingerprint density at radius 3 is 2.33 bits per heavy atom. The number of fused-ring (bicyclic) bond motifs is 1. The lowest BCUT2D eigenvalue weighted by molar-refractivity contribution is -0.119. The number of ether oxygens (including phenoxy) is 3. The number of rotatable bonds is 8. The highest BCUT2D eigenvalue weighted by atomic mass is 35.5. The van der Waals surface area contributed by atoms with Crippen LogP contribution in [-0.2, 0) is 33.0 Å². The van der Waals surface area contributed by atoms with Gasteiger partial charge >= 0.3 is 17.3 Å². The van der Waals surface area contributed by atoms with Gasteiger partial charge in [-0.05, 0) is 76.1 Å². The summed E-state index contributed by atoms with van der Waals surface area (Å²) < 4.78 is 18.6. The number of halogens is 2. The molecule has 0 fully saturated rings. The zero-order chi connectivity index (χ0) is 33.4. The van der Waals surface area contributed by atoms with Gasteiger partial charge in [0.2, 0.25) is 11.7 Å². The number of anilines is 2. The van der Waals surface area contributed by atoms with Gasteiger partial charge in [0, 0.05) is 5.69 Å². The molecule has 14 heteroatoms. The Morgan fingerprint density at radius 1 is 1.00 bits per heavy atom. The molecule has 5 rings (SSSR count). The highest BCUT2D eigenvalue weighted by Gasteiger charge is 2.38. The molecular formula is C32H31Cl2N5O7. The number of hydrogen-bond acceptors (Lipinski definition) is 8. The van der Waals surface area contributed by atoms with Crippen molar-refractivity contribution in [1.29, 1.82) is 0 Å². The van der Waals surface area contributed by atoms with Crippen molar-refractivity contribution in [2.45, 2.75) is 59.0 Å². The lowest BCUT2D eigenvalue weighted by Crippen LogP contribution is -2.43. The van der Waals surface area contributed by atoms with E-state index in [1.807, 2.05) is 30.3 Å². The van der Waals surface area contributed by atoms with Gasteiger partial charge < -0.3 is 19.5 Å². The molecule has 0 saturated heterocycles. The molecule has 2 N–H and O–H groups in total. The van der Waals surface area contributed by atoms with Crippen molar-refractivity contribution in [3.05, 3.63) is 103 Å². The highest BCUT2D eigenvalue weighted by Crippen LogP contribution is 2.42. The summed E-state index contributed by atoms with van der Waals surface area (Å²) in [5, 5.41) is 9.29. The second kappa shape index (κ2) is 12.6. The van der Waals surface area contributed by atoms with Gasteiger partial charge in [0.1, 0.15) is 18.1 Å². The molecule has 3 aromatic carbocycles. The molecule has 2 amide bonds. The van der Waals surface area contributed by atoms with E-state index in [0.717, 1.165) is 20.4 Å². The van der Waals surface area contributed by atoms with Crippen LogP contribution in [-0.4, -0.2) is 31.9 Å². The van der Waals surface area contributed by atoms with Gasteiger partial charge in [0.25, 0.3) is 0 Å². The normalized spacial score (nSPS) is 13.6. The molecule has 0 atom stereocenters. The maximum atomic E-state index is 13.6. The molecule has 240 valence electrons. The lowest BCUT2D eigenvalue weighted by Gasteiger charge is -2.20. The first kappa shape index (κ1) is 32.7. The Balaban J connectivity index is 1.50. The summed E-state index contributed by atoms with van der Waals surface area (Å²) in [6.07, 6.45) is -0.951. The van der Waals surface area contributed by atoms with Gasteiger partial charge in [-0.25, -0.2) is 14.2 Å². The SMILES string of the molecule is CC(C)(C)OC(=O)Nc1nn(-c2cc(Cl)c(Oc3ccc4c(c3)C(C)(C)C(=O)N4)c(Cl)c2)c(=O)n(COCc2ccccc2)c1=O. The fourth-order valence-electron chi connectivity index (χ4n) is 4.60. The topological polar surface area (TPSA) is 143 Å². The average Bonchev–Trinajstić information content (AvgIpc) is 3.20. The van der Waals surface area contributed by atoms with Gasteiger partial charge in [-0.2, -0.15) is 4.68 Å². The van der Waals surface area contributed by atoms with Crippen molar-refractivity contribution in [3.63, 3.8) is 0 Å². The molecule has 2 heterocycles. The van der Waals surface area contributed by atoms with Crippen molar-refractivity contribution in [2.75, 3.05) is 10.6 Å². The summed E-state index contributed by atoms with van der Waals surface area (Å²) >= 11 is 13.2. The van der Waals surface area contributed by atoms with Crippen LogP contribution in [0.4, 0.5) is 16.3 Å². The zero-order valence-corrected chi connectivity index (χ0v) is 27.2. The van der Waals surface area contributed by atoms with Crippen LogP contribution in [0.2, 0.25) is 10.0 Å². The maximum Gasteiger partial charge on any atom is 0.413 e. The third-order valence-corrected chi connectivity index (χ3v) is 7.50. The summed E-state index contributed by atoms with van der Waals surface area (Å²) in [5.74, 6) is -0.163. The first-order valence-corrected chi connectivity index (χ1v) is 14.9. The molecule has 1 aliphatic rings. The average molecular weight is 669 g/mol. The molecule has 1 aromatic heterocycles. The van der Waals surface area contributed by atoms with Crippen molar-refractivity contribution in [3.8, 4) is 17.2 Å². The number of aromatic nitrogens is 3. The fourth-order valence-corrected chi connectivity index (χ4v) is 5.16. The molecular weight excluding hydrogens is 637 g/mol. The van der Waals surface area contributed by atoms with Crippen LogP contribution in [0.3, 0.4) is 0 Å². The summed E-state index contributed by atoms with van der Waals surface area (Å²) in [5.41, 5.74) is -1.11. The summed E-state index contributed by atoms with van der Waals surface area (Å²) in [6, 6.07) is 17.0. The quantitative estimate of drug-likeness (QED) is 0.225. The van der Waals surface area contributed by atoms with Gasteiger partial charge in [0.15, 0.2) is 5.75 Å². The van der Waals surface area contributed by atoms with Gasteiger partial charge in [-0.3, -0.25) is 14.9 Å². The molecule has 0 radical (unpaired) electrons. The molecule has 4 aromatic rings. The fraction of sp³-hybridized carbons (Fsp3) is 0.281.